The van der Waals surface area contributed by atoms with E-state index < -0.39 is 27.1 Å². The number of rotatable bonds is 10. The predicted molar refractivity (Wildman–Crippen MR) is 115 cm³/mol. The number of hydrogen-bond acceptors (Lipinski definition) is 7. The van der Waals surface area contributed by atoms with E-state index in [0.717, 1.165) is 12.1 Å². The van der Waals surface area contributed by atoms with Gasteiger partial charge in [0, 0.05) is 25.7 Å². The first-order valence-electron chi connectivity index (χ1n) is 9.98. The fraction of sp³-hybridized carbons (Fsp3) is 0.632. The molecule has 1 aromatic rings. The summed E-state index contributed by atoms with van der Waals surface area (Å²) >= 11 is 0. The topological polar surface area (TPSA) is 139 Å². The van der Waals surface area contributed by atoms with Crippen molar-refractivity contribution in [2.24, 2.45) is 0 Å². The number of carbonyl (C=O) groups is 1. The van der Waals surface area contributed by atoms with E-state index in [1.54, 1.807) is 4.90 Å². The first kappa shape index (κ1) is 28.5. The Morgan fingerprint density at radius 2 is 1.55 bits per heavy atom. The van der Waals surface area contributed by atoms with Crippen LogP contribution in [-0.4, -0.2) is 47.1 Å². The van der Waals surface area contributed by atoms with Crippen LogP contribution in [0.25, 0.3) is 0 Å². The quantitative estimate of drug-likeness (QED) is 0.437. The van der Waals surface area contributed by atoms with Crippen molar-refractivity contribution >= 4 is 23.0 Å². The monoisotopic (exact) mass is 414 g/mol. The molecule has 0 atom stereocenters. The summed E-state index contributed by atoms with van der Waals surface area (Å²) in [6, 6.07) is 1.91. The van der Waals surface area contributed by atoms with Crippen LogP contribution in [0.15, 0.2) is 12.1 Å². The lowest BCUT2D eigenvalue weighted by atomic mass is 10.1. The lowest BCUT2D eigenvalue weighted by molar-refractivity contribution is -0.393. The molecule has 1 aromatic carbocycles. The Hall–Kier alpha value is -2.75. The lowest BCUT2D eigenvalue weighted by Crippen LogP contribution is -2.32. The van der Waals surface area contributed by atoms with Gasteiger partial charge in [-0.15, -0.1) is 0 Å². The standard InChI is InChI=1S/C15H22N4O6.2C2H6/c1-3-6-17(7-4-2)14-12(15(21)16-5-8-20)9-11(18(22)23)10-13(14)19(24)25;2*1-2/h9-10,20H,3-8H2,1-2H3,(H,16,21);2*1-2H3. The summed E-state index contributed by atoms with van der Waals surface area (Å²) in [5, 5.41) is 33.8. The first-order valence-corrected chi connectivity index (χ1v) is 9.98. The minimum atomic E-state index is -0.774. The molecule has 166 valence electrons. The number of anilines is 1. The van der Waals surface area contributed by atoms with E-state index in [1.807, 2.05) is 41.5 Å². The third-order valence-corrected chi connectivity index (χ3v) is 3.43. The molecule has 0 spiro atoms. The maximum absolute atomic E-state index is 12.4. The van der Waals surface area contributed by atoms with E-state index in [9.17, 15) is 25.0 Å². The average molecular weight is 415 g/mol. The van der Waals surface area contributed by atoms with Gasteiger partial charge >= 0.3 is 0 Å². The van der Waals surface area contributed by atoms with Crippen LogP contribution >= 0.6 is 0 Å². The second-order valence-electron chi connectivity index (χ2n) is 5.34. The molecular weight excluding hydrogens is 380 g/mol. The zero-order valence-electron chi connectivity index (χ0n) is 18.2. The third-order valence-electron chi connectivity index (χ3n) is 3.43. The summed E-state index contributed by atoms with van der Waals surface area (Å²) in [6.07, 6.45) is 1.37. The van der Waals surface area contributed by atoms with Crippen molar-refractivity contribution in [1.29, 1.82) is 0 Å². The number of benzene rings is 1. The molecule has 0 fully saturated rings. The van der Waals surface area contributed by atoms with E-state index in [1.165, 1.54) is 0 Å². The van der Waals surface area contributed by atoms with Gasteiger partial charge in [0.1, 0.15) is 5.69 Å². The highest BCUT2D eigenvalue weighted by Crippen LogP contribution is 2.36. The van der Waals surface area contributed by atoms with Crippen LogP contribution in [0.2, 0.25) is 0 Å². The second-order valence-corrected chi connectivity index (χ2v) is 5.34. The molecule has 0 radical (unpaired) electrons. The van der Waals surface area contributed by atoms with Crippen LogP contribution in [0.4, 0.5) is 17.1 Å². The molecular formula is C19H34N4O6. The van der Waals surface area contributed by atoms with Gasteiger partial charge in [-0.3, -0.25) is 25.0 Å². The second kappa shape index (κ2) is 16.2. The normalized spacial score (nSPS) is 9.34. The summed E-state index contributed by atoms with van der Waals surface area (Å²) in [5.74, 6) is -0.701. The highest BCUT2D eigenvalue weighted by atomic mass is 16.6. The molecule has 0 saturated heterocycles. The molecule has 0 bridgehead atoms. The van der Waals surface area contributed by atoms with Crippen molar-refractivity contribution in [2.75, 3.05) is 31.1 Å². The zero-order valence-corrected chi connectivity index (χ0v) is 18.2. The summed E-state index contributed by atoms with van der Waals surface area (Å²) in [4.78, 5) is 35.2. The SMILES string of the molecule is CC.CC.CCCN(CCC)c1c(C(=O)NCCO)cc([N+](=O)[O-])cc1[N+](=O)[O-]. The zero-order chi connectivity index (χ0) is 23.0. The van der Waals surface area contributed by atoms with E-state index in [-0.39, 0.29) is 24.4 Å². The van der Waals surface area contributed by atoms with E-state index in [0.29, 0.717) is 25.9 Å². The number of hydrogen-bond donors (Lipinski definition) is 2. The van der Waals surface area contributed by atoms with E-state index in [4.69, 9.17) is 5.11 Å². The van der Waals surface area contributed by atoms with Crippen molar-refractivity contribution in [1.82, 2.24) is 5.32 Å². The van der Waals surface area contributed by atoms with Gasteiger partial charge in [0.2, 0.25) is 0 Å². The Kier molecular flexibility index (Phi) is 15.9. The molecule has 0 unspecified atom stereocenters. The fourth-order valence-corrected chi connectivity index (χ4v) is 2.49. The van der Waals surface area contributed by atoms with Crippen LogP contribution in [-0.2, 0) is 0 Å². The molecule has 1 amide bonds. The van der Waals surface area contributed by atoms with Gasteiger partial charge in [-0.1, -0.05) is 41.5 Å². The average Bonchev–Trinajstić information content (AvgIpc) is 2.73. The number of nitro groups is 2. The number of carbonyl (C=O) groups excluding carboxylic acids is 1. The van der Waals surface area contributed by atoms with Gasteiger partial charge in [0.25, 0.3) is 17.3 Å². The minimum absolute atomic E-state index is 0.0592. The highest BCUT2D eigenvalue weighted by Gasteiger charge is 2.30. The molecule has 0 aliphatic heterocycles. The van der Waals surface area contributed by atoms with Crippen molar-refractivity contribution in [2.45, 2.75) is 54.4 Å². The molecule has 0 heterocycles. The van der Waals surface area contributed by atoms with Gasteiger partial charge in [-0.25, -0.2) is 0 Å². The van der Waals surface area contributed by atoms with Gasteiger partial charge in [0.15, 0.2) is 0 Å². The van der Waals surface area contributed by atoms with Crippen LogP contribution in [0.3, 0.4) is 0 Å². The molecule has 0 aromatic heterocycles. The molecule has 0 aliphatic carbocycles. The molecule has 29 heavy (non-hydrogen) atoms. The Balaban J connectivity index is 0. The molecule has 1 rings (SSSR count). The summed E-state index contributed by atoms with van der Waals surface area (Å²) < 4.78 is 0. The van der Waals surface area contributed by atoms with Crippen LogP contribution in [0, 0.1) is 20.2 Å². The van der Waals surface area contributed by atoms with Gasteiger partial charge in [-0.2, -0.15) is 0 Å². The van der Waals surface area contributed by atoms with Gasteiger partial charge in [0.05, 0.1) is 28.1 Å². The minimum Gasteiger partial charge on any atom is -0.395 e. The van der Waals surface area contributed by atoms with Crippen molar-refractivity contribution in [3.63, 3.8) is 0 Å². The summed E-state index contributed by atoms with van der Waals surface area (Å²) in [7, 11) is 0. The number of nitro benzene ring substituents is 2. The van der Waals surface area contributed by atoms with Gasteiger partial charge in [-0.05, 0) is 12.8 Å². The Bertz CT molecular complexity index is 646. The predicted octanol–water partition coefficient (Wildman–Crippen LogP) is 3.90. The summed E-state index contributed by atoms with van der Waals surface area (Å²) in [5.41, 5.74) is -1.09. The lowest BCUT2D eigenvalue weighted by Gasteiger charge is -2.25. The van der Waals surface area contributed by atoms with E-state index >= 15 is 0 Å². The van der Waals surface area contributed by atoms with E-state index in [2.05, 4.69) is 5.32 Å². The Morgan fingerprint density at radius 1 is 1.03 bits per heavy atom. The van der Waals surface area contributed by atoms with Crippen LogP contribution in [0.5, 0.6) is 0 Å². The Morgan fingerprint density at radius 3 is 1.93 bits per heavy atom. The number of nitrogens with one attached hydrogen (secondary N) is 1. The first-order chi connectivity index (χ1) is 13.9. The highest BCUT2D eigenvalue weighted by molar-refractivity contribution is 6.02. The van der Waals surface area contributed by atoms with Crippen molar-refractivity contribution in [3.8, 4) is 0 Å². The smallest absolute Gasteiger partial charge is 0.300 e. The molecule has 0 aliphatic rings. The maximum atomic E-state index is 12.4. The largest absolute Gasteiger partial charge is 0.395 e. The number of non-ortho nitro benzene ring substituents is 1. The molecule has 0 saturated carbocycles. The third kappa shape index (κ3) is 8.86. The van der Waals surface area contributed by atoms with Crippen molar-refractivity contribution < 1.29 is 19.7 Å². The van der Waals surface area contributed by atoms with Gasteiger partial charge < -0.3 is 15.3 Å². The molecule has 10 nitrogen and oxygen atoms in total. The van der Waals surface area contributed by atoms with Crippen LogP contribution < -0.4 is 10.2 Å². The number of aliphatic hydroxyl groups is 1. The fourth-order valence-electron chi connectivity index (χ4n) is 2.49. The Labute approximate surface area is 172 Å². The molecule has 10 heteroatoms. The number of amides is 1. The van der Waals surface area contributed by atoms with Crippen molar-refractivity contribution in [3.05, 3.63) is 37.9 Å². The number of nitrogens with zero attached hydrogens (tertiary/aromatic N) is 3. The maximum Gasteiger partial charge on any atom is 0.300 e. The van der Waals surface area contributed by atoms with Crippen LogP contribution in [0.1, 0.15) is 64.7 Å². The summed E-state index contributed by atoms with van der Waals surface area (Å²) in [6.45, 7) is 12.3. The molecule has 2 N–H and O–H groups in total. The number of aliphatic hydroxyl groups excluding tert-OH is 1.